The van der Waals surface area contributed by atoms with E-state index < -0.39 is 0 Å². The maximum atomic E-state index is 12.3. The van der Waals surface area contributed by atoms with E-state index in [0.29, 0.717) is 17.0 Å². The van der Waals surface area contributed by atoms with E-state index in [1.165, 1.54) is 0 Å². The summed E-state index contributed by atoms with van der Waals surface area (Å²) in [4.78, 5) is 12.3. The molecule has 1 aromatic carbocycles. The molecule has 2 rings (SSSR count). The molecule has 0 N–H and O–H groups in total. The number of aryl methyl sites for hydroxylation is 1. The fourth-order valence-electron chi connectivity index (χ4n) is 1.92. The van der Waals surface area contributed by atoms with Gasteiger partial charge in [0.15, 0.2) is 5.78 Å². The number of Topliss-reactive ketones (excluding diaryl/α,β-unsaturated/α-hetero) is 1. The summed E-state index contributed by atoms with van der Waals surface area (Å²) in [6.07, 6.45) is 1.72. The summed E-state index contributed by atoms with van der Waals surface area (Å²) in [6, 6.07) is 10.9. The third-order valence-electron chi connectivity index (χ3n) is 2.92. The van der Waals surface area contributed by atoms with Crippen molar-refractivity contribution in [2.75, 3.05) is 7.11 Å². The van der Waals surface area contributed by atoms with E-state index in [-0.39, 0.29) is 12.3 Å². The van der Waals surface area contributed by atoms with Crippen LogP contribution in [0.1, 0.15) is 21.6 Å². The van der Waals surface area contributed by atoms with Crippen LogP contribution in [-0.2, 0) is 6.54 Å². The first kappa shape index (κ1) is 12.9. The van der Waals surface area contributed by atoms with Gasteiger partial charge in [-0.05, 0) is 36.8 Å². The van der Waals surface area contributed by atoms with Crippen LogP contribution in [0.2, 0.25) is 0 Å². The Hall–Kier alpha value is -2.54. The molecule has 4 nitrogen and oxygen atoms in total. The predicted molar refractivity (Wildman–Crippen MR) is 71.2 cm³/mol. The third-order valence-corrected chi connectivity index (χ3v) is 2.92. The molecule has 0 saturated heterocycles. The lowest BCUT2D eigenvalue weighted by Gasteiger charge is -2.09. The van der Waals surface area contributed by atoms with Gasteiger partial charge < -0.3 is 9.30 Å². The Labute approximate surface area is 111 Å². The Morgan fingerprint density at radius 3 is 2.89 bits per heavy atom. The second-order valence-corrected chi connectivity index (χ2v) is 4.26. The van der Waals surface area contributed by atoms with E-state index in [2.05, 4.69) is 0 Å². The molecule has 0 bridgehead atoms. The lowest BCUT2D eigenvalue weighted by molar-refractivity contribution is 0.0969. The number of hydrogen-bond acceptors (Lipinski definition) is 3. The van der Waals surface area contributed by atoms with E-state index in [4.69, 9.17) is 10.00 Å². The van der Waals surface area contributed by atoms with Crippen LogP contribution >= 0.6 is 0 Å². The molecule has 0 atom stereocenters. The van der Waals surface area contributed by atoms with Crippen molar-refractivity contribution < 1.29 is 9.53 Å². The first-order chi connectivity index (χ1) is 9.15. The van der Waals surface area contributed by atoms with Gasteiger partial charge in [-0.15, -0.1) is 0 Å². The van der Waals surface area contributed by atoms with Crippen LogP contribution in [0.15, 0.2) is 36.5 Å². The maximum Gasteiger partial charge on any atom is 0.186 e. The number of ether oxygens (including phenoxy) is 1. The van der Waals surface area contributed by atoms with Gasteiger partial charge in [0, 0.05) is 6.20 Å². The average Bonchev–Trinajstić information content (AvgIpc) is 2.85. The van der Waals surface area contributed by atoms with Crippen LogP contribution in [0.5, 0.6) is 5.75 Å². The minimum absolute atomic E-state index is 0.0791. The molecule has 2 aromatic rings. The molecule has 1 heterocycles. The number of carbonyl (C=O) groups is 1. The number of benzene rings is 1. The number of hydrogen-bond donors (Lipinski definition) is 0. The molecular formula is C15H14N2O2. The maximum absolute atomic E-state index is 12.3. The van der Waals surface area contributed by atoms with Crippen molar-refractivity contribution in [3.05, 3.63) is 53.3 Å². The highest BCUT2D eigenvalue weighted by Gasteiger charge is 2.13. The van der Waals surface area contributed by atoms with Crippen molar-refractivity contribution in [1.82, 2.24) is 4.57 Å². The zero-order valence-electron chi connectivity index (χ0n) is 10.9. The van der Waals surface area contributed by atoms with Crippen molar-refractivity contribution in [2.45, 2.75) is 13.5 Å². The molecule has 96 valence electrons. The Balaban J connectivity index is 2.28. The molecule has 0 aliphatic rings. The van der Waals surface area contributed by atoms with Crippen molar-refractivity contribution in [3.63, 3.8) is 0 Å². The monoisotopic (exact) mass is 254 g/mol. The number of carbonyl (C=O) groups excluding carboxylic acids is 1. The van der Waals surface area contributed by atoms with Crippen molar-refractivity contribution in [1.29, 1.82) is 5.26 Å². The fourth-order valence-corrected chi connectivity index (χ4v) is 1.92. The van der Waals surface area contributed by atoms with Gasteiger partial charge in [0.25, 0.3) is 0 Å². The first-order valence-corrected chi connectivity index (χ1v) is 5.89. The minimum atomic E-state index is -0.0791. The standard InChI is InChI=1S/C15H14N2O2/c1-11-5-6-13(15(8-11)19-2)14(18)10-17-7-3-4-12(17)9-16/h3-8H,10H2,1-2H3. The molecule has 0 radical (unpaired) electrons. The Morgan fingerprint density at radius 1 is 1.42 bits per heavy atom. The van der Waals surface area contributed by atoms with Crippen LogP contribution in [-0.4, -0.2) is 17.5 Å². The lowest BCUT2D eigenvalue weighted by atomic mass is 10.1. The van der Waals surface area contributed by atoms with Gasteiger partial charge in [-0.2, -0.15) is 5.26 Å². The second-order valence-electron chi connectivity index (χ2n) is 4.26. The fraction of sp³-hybridized carbons (Fsp3) is 0.200. The minimum Gasteiger partial charge on any atom is -0.496 e. The summed E-state index contributed by atoms with van der Waals surface area (Å²) in [5.74, 6) is 0.486. The topological polar surface area (TPSA) is 55.0 Å². The number of nitriles is 1. The largest absolute Gasteiger partial charge is 0.496 e. The van der Waals surface area contributed by atoms with Crippen LogP contribution in [0.25, 0.3) is 0 Å². The van der Waals surface area contributed by atoms with Crippen LogP contribution in [0, 0.1) is 18.3 Å². The summed E-state index contributed by atoms with van der Waals surface area (Å²) in [6.45, 7) is 2.08. The molecule has 19 heavy (non-hydrogen) atoms. The van der Waals surface area contributed by atoms with Crippen LogP contribution in [0.4, 0.5) is 0 Å². The second kappa shape index (κ2) is 5.40. The smallest absolute Gasteiger partial charge is 0.186 e. The molecule has 0 amide bonds. The van der Waals surface area contributed by atoms with Gasteiger partial charge >= 0.3 is 0 Å². The summed E-state index contributed by atoms with van der Waals surface area (Å²) in [5.41, 5.74) is 2.04. The van der Waals surface area contributed by atoms with Crippen LogP contribution in [0.3, 0.4) is 0 Å². The summed E-state index contributed by atoms with van der Waals surface area (Å²) in [5, 5.41) is 8.92. The van der Waals surface area contributed by atoms with Crippen molar-refractivity contribution in [3.8, 4) is 11.8 Å². The summed E-state index contributed by atoms with van der Waals surface area (Å²) >= 11 is 0. The number of aromatic nitrogens is 1. The number of ketones is 1. The summed E-state index contributed by atoms with van der Waals surface area (Å²) < 4.78 is 6.85. The zero-order valence-corrected chi connectivity index (χ0v) is 10.9. The quantitative estimate of drug-likeness (QED) is 0.788. The molecular weight excluding hydrogens is 240 g/mol. The highest BCUT2D eigenvalue weighted by molar-refractivity contribution is 5.98. The van der Waals surface area contributed by atoms with Gasteiger partial charge in [0.2, 0.25) is 0 Å². The van der Waals surface area contributed by atoms with Gasteiger partial charge in [0.1, 0.15) is 17.5 Å². The van der Waals surface area contributed by atoms with E-state index in [9.17, 15) is 4.79 Å². The normalized spacial score (nSPS) is 9.95. The van der Waals surface area contributed by atoms with Gasteiger partial charge in [-0.1, -0.05) is 6.07 Å². The molecule has 0 aliphatic heterocycles. The number of methoxy groups -OCH3 is 1. The van der Waals surface area contributed by atoms with Crippen molar-refractivity contribution in [2.24, 2.45) is 0 Å². The number of nitrogens with zero attached hydrogens (tertiary/aromatic N) is 2. The molecule has 0 saturated carbocycles. The van der Waals surface area contributed by atoms with E-state index in [0.717, 1.165) is 5.56 Å². The van der Waals surface area contributed by atoms with Crippen molar-refractivity contribution >= 4 is 5.78 Å². The van der Waals surface area contributed by atoms with Gasteiger partial charge in [-0.3, -0.25) is 4.79 Å². The average molecular weight is 254 g/mol. The molecule has 0 fully saturated rings. The highest BCUT2D eigenvalue weighted by atomic mass is 16.5. The zero-order chi connectivity index (χ0) is 13.8. The molecule has 0 aliphatic carbocycles. The molecule has 4 heteroatoms. The van der Waals surface area contributed by atoms with Crippen LogP contribution < -0.4 is 4.74 Å². The highest BCUT2D eigenvalue weighted by Crippen LogP contribution is 2.21. The Kier molecular flexibility index (Phi) is 3.67. The van der Waals surface area contributed by atoms with Gasteiger partial charge in [-0.25, -0.2) is 0 Å². The molecule has 0 spiro atoms. The molecule has 1 aromatic heterocycles. The van der Waals surface area contributed by atoms with E-state index >= 15 is 0 Å². The van der Waals surface area contributed by atoms with E-state index in [1.807, 2.05) is 25.1 Å². The first-order valence-electron chi connectivity index (χ1n) is 5.89. The molecule has 0 unspecified atom stereocenters. The summed E-state index contributed by atoms with van der Waals surface area (Å²) in [7, 11) is 1.54. The van der Waals surface area contributed by atoms with E-state index in [1.54, 1.807) is 36.1 Å². The Bertz CT molecular complexity index is 650. The third kappa shape index (κ3) is 2.66. The number of rotatable bonds is 4. The Morgan fingerprint density at radius 2 is 2.21 bits per heavy atom. The van der Waals surface area contributed by atoms with Gasteiger partial charge in [0.05, 0.1) is 19.2 Å². The lowest BCUT2D eigenvalue weighted by Crippen LogP contribution is -2.12. The predicted octanol–water partition coefficient (Wildman–Crippen LogP) is 2.56. The SMILES string of the molecule is COc1cc(C)ccc1C(=O)Cn1cccc1C#N.